The Hall–Kier alpha value is -2.74. The van der Waals surface area contributed by atoms with Crippen LogP contribution in [0.2, 0.25) is 0 Å². The van der Waals surface area contributed by atoms with Crippen molar-refractivity contribution in [3.8, 4) is 11.5 Å². The molecule has 3 aromatic carbocycles. The average Bonchev–Trinajstić information content (AvgIpc) is 2.60. The van der Waals surface area contributed by atoms with Crippen LogP contribution in [0.1, 0.15) is 12.5 Å². The lowest BCUT2D eigenvalue weighted by atomic mass is 10.1. The molecule has 0 radical (unpaired) electrons. The van der Waals surface area contributed by atoms with Crippen molar-refractivity contribution < 1.29 is 4.74 Å². The fourth-order valence-electron chi connectivity index (χ4n) is 2.86. The molecule has 0 unspecified atom stereocenters. The first-order valence-corrected chi connectivity index (χ1v) is 7.62. The predicted molar refractivity (Wildman–Crippen MR) is 90.6 cm³/mol. The predicted octanol–water partition coefficient (Wildman–Crippen LogP) is 5.82. The Morgan fingerprint density at radius 2 is 1.27 bits per heavy atom. The van der Waals surface area contributed by atoms with Crippen LogP contribution in [0.3, 0.4) is 0 Å². The summed E-state index contributed by atoms with van der Waals surface area (Å²) in [6.45, 7) is 2.17. The number of aryl methyl sites for hydroxylation is 1. The van der Waals surface area contributed by atoms with Gasteiger partial charge in [-0.2, -0.15) is 0 Å². The Morgan fingerprint density at radius 1 is 0.727 bits per heavy atom. The molecule has 22 heavy (non-hydrogen) atoms. The molecule has 0 N–H and O–H groups in total. The summed E-state index contributed by atoms with van der Waals surface area (Å²) in [5, 5.41) is 0. The molecule has 0 spiro atoms. The monoisotopic (exact) mass is 287 g/mol. The number of para-hydroxylation sites is 4. The van der Waals surface area contributed by atoms with Crippen LogP contribution < -0.4 is 9.64 Å². The SMILES string of the molecule is CCc1ccc(N2c3ccccc3Oc3ccccc32)cc1. The molecule has 0 bridgehead atoms. The molecule has 0 saturated carbocycles. The molecule has 0 saturated heterocycles. The smallest absolute Gasteiger partial charge is 0.151 e. The second kappa shape index (κ2) is 5.23. The highest BCUT2D eigenvalue weighted by Gasteiger charge is 2.24. The average molecular weight is 287 g/mol. The summed E-state index contributed by atoms with van der Waals surface area (Å²) in [5.74, 6) is 1.78. The zero-order valence-corrected chi connectivity index (χ0v) is 12.5. The van der Waals surface area contributed by atoms with Gasteiger partial charge < -0.3 is 9.64 Å². The van der Waals surface area contributed by atoms with Crippen LogP contribution >= 0.6 is 0 Å². The molecule has 2 heteroatoms. The summed E-state index contributed by atoms with van der Waals surface area (Å²) in [7, 11) is 0. The second-order valence-electron chi connectivity index (χ2n) is 5.39. The van der Waals surface area contributed by atoms with Crippen LogP contribution in [0.5, 0.6) is 11.5 Å². The van der Waals surface area contributed by atoms with Crippen molar-refractivity contribution >= 4 is 17.1 Å². The number of hydrogen-bond acceptors (Lipinski definition) is 2. The van der Waals surface area contributed by atoms with Crippen LogP contribution in [-0.4, -0.2) is 0 Å². The maximum atomic E-state index is 6.03. The lowest BCUT2D eigenvalue weighted by molar-refractivity contribution is 0.477. The van der Waals surface area contributed by atoms with Crippen molar-refractivity contribution in [3.63, 3.8) is 0 Å². The third-order valence-corrected chi connectivity index (χ3v) is 4.04. The number of ether oxygens (including phenoxy) is 1. The van der Waals surface area contributed by atoms with Crippen molar-refractivity contribution in [2.45, 2.75) is 13.3 Å². The van der Waals surface area contributed by atoms with Gasteiger partial charge in [0.15, 0.2) is 11.5 Å². The standard InChI is InChI=1S/C20H17NO/c1-2-15-11-13-16(14-12-15)21-17-7-3-5-9-19(17)22-20-10-6-4-8-18(20)21/h3-14H,2H2,1H3. The van der Waals surface area contributed by atoms with Gasteiger partial charge in [0, 0.05) is 5.69 Å². The Balaban J connectivity index is 1.90. The van der Waals surface area contributed by atoms with E-state index in [0.29, 0.717) is 0 Å². The quantitative estimate of drug-likeness (QED) is 0.460. The van der Waals surface area contributed by atoms with Gasteiger partial charge in [-0.15, -0.1) is 0 Å². The summed E-state index contributed by atoms with van der Waals surface area (Å²) in [4.78, 5) is 2.26. The van der Waals surface area contributed by atoms with E-state index >= 15 is 0 Å². The largest absolute Gasteiger partial charge is 0.453 e. The van der Waals surface area contributed by atoms with Crippen LogP contribution in [0.25, 0.3) is 0 Å². The lowest BCUT2D eigenvalue weighted by Crippen LogP contribution is -2.15. The van der Waals surface area contributed by atoms with Gasteiger partial charge in [-0.1, -0.05) is 43.3 Å². The normalized spacial score (nSPS) is 12.3. The summed E-state index contributed by atoms with van der Waals surface area (Å²) in [6.07, 6.45) is 1.05. The maximum Gasteiger partial charge on any atom is 0.151 e. The molecule has 0 amide bonds. The van der Waals surface area contributed by atoms with E-state index in [9.17, 15) is 0 Å². The molecule has 2 nitrogen and oxygen atoms in total. The molecular weight excluding hydrogens is 270 g/mol. The van der Waals surface area contributed by atoms with Gasteiger partial charge in [-0.05, 0) is 48.4 Å². The van der Waals surface area contributed by atoms with Crippen LogP contribution in [0, 0.1) is 0 Å². The lowest BCUT2D eigenvalue weighted by Gasteiger charge is -2.32. The fourth-order valence-corrected chi connectivity index (χ4v) is 2.86. The molecule has 0 fully saturated rings. The van der Waals surface area contributed by atoms with Crippen molar-refractivity contribution in [1.82, 2.24) is 0 Å². The Kier molecular flexibility index (Phi) is 3.08. The fraction of sp³-hybridized carbons (Fsp3) is 0.100. The number of rotatable bonds is 2. The maximum absolute atomic E-state index is 6.03. The molecule has 1 heterocycles. The number of benzene rings is 3. The first-order valence-electron chi connectivity index (χ1n) is 7.62. The third-order valence-electron chi connectivity index (χ3n) is 4.04. The minimum atomic E-state index is 0.890. The van der Waals surface area contributed by atoms with Crippen LogP contribution in [0.15, 0.2) is 72.8 Å². The van der Waals surface area contributed by atoms with Gasteiger partial charge in [0.25, 0.3) is 0 Å². The molecule has 1 aliphatic heterocycles. The summed E-state index contributed by atoms with van der Waals surface area (Å²) in [5.41, 5.74) is 4.65. The first kappa shape index (κ1) is 13.0. The minimum absolute atomic E-state index is 0.890. The summed E-state index contributed by atoms with van der Waals surface area (Å²) >= 11 is 0. The van der Waals surface area contributed by atoms with Crippen molar-refractivity contribution in [1.29, 1.82) is 0 Å². The first-order chi connectivity index (χ1) is 10.9. The Bertz CT molecular complexity index is 762. The van der Waals surface area contributed by atoms with E-state index in [4.69, 9.17) is 4.74 Å². The van der Waals surface area contributed by atoms with Gasteiger partial charge in [-0.25, -0.2) is 0 Å². The van der Waals surface area contributed by atoms with Crippen molar-refractivity contribution in [3.05, 3.63) is 78.4 Å². The third kappa shape index (κ3) is 2.04. The number of nitrogens with zero attached hydrogens (tertiary/aromatic N) is 1. The molecule has 108 valence electrons. The van der Waals surface area contributed by atoms with Gasteiger partial charge in [-0.3, -0.25) is 0 Å². The summed E-state index contributed by atoms with van der Waals surface area (Å²) < 4.78 is 6.03. The topological polar surface area (TPSA) is 12.5 Å². The van der Waals surface area contributed by atoms with Gasteiger partial charge in [0.05, 0.1) is 11.4 Å². The van der Waals surface area contributed by atoms with Gasteiger partial charge in [0.2, 0.25) is 0 Å². The molecule has 0 atom stereocenters. The van der Waals surface area contributed by atoms with E-state index in [2.05, 4.69) is 48.2 Å². The number of anilines is 3. The molecule has 0 aromatic heterocycles. The highest BCUT2D eigenvalue weighted by molar-refractivity contribution is 5.85. The zero-order valence-electron chi connectivity index (χ0n) is 12.5. The molecular formula is C20H17NO. The van der Waals surface area contributed by atoms with Gasteiger partial charge in [0.1, 0.15) is 0 Å². The summed E-state index contributed by atoms with van der Waals surface area (Å²) in [6, 6.07) is 25.1. The van der Waals surface area contributed by atoms with E-state index in [1.807, 2.05) is 36.4 Å². The van der Waals surface area contributed by atoms with Crippen molar-refractivity contribution in [2.24, 2.45) is 0 Å². The van der Waals surface area contributed by atoms with E-state index in [1.54, 1.807) is 0 Å². The number of hydrogen-bond donors (Lipinski definition) is 0. The molecule has 0 aliphatic carbocycles. The Morgan fingerprint density at radius 3 is 1.82 bits per heavy atom. The van der Waals surface area contributed by atoms with E-state index in [1.165, 1.54) is 5.56 Å². The van der Waals surface area contributed by atoms with E-state index in [0.717, 1.165) is 35.0 Å². The van der Waals surface area contributed by atoms with Gasteiger partial charge >= 0.3 is 0 Å². The second-order valence-corrected chi connectivity index (χ2v) is 5.39. The Labute approximate surface area is 130 Å². The van der Waals surface area contributed by atoms with Crippen LogP contribution in [0.4, 0.5) is 17.1 Å². The highest BCUT2D eigenvalue weighted by atomic mass is 16.5. The number of fused-ring (bicyclic) bond motifs is 2. The minimum Gasteiger partial charge on any atom is -0.453 e. The molecule has 3 aromatic rings. The van der Waals surface area contributed by atoms with Crippen molar-refractivity contribution in [2.75, 3.05) is 4.90 Å². The van der Waals surface area contributed by atoms with Crippen LogP contribution in [-0.2, 0) is 6.42 Å². The molecule has 1 aliphatic rings. The molecule has 4 rings (SSSR count). The zero-order chi connectivity index (χ0) is 14.9. The highest BCUT2D eigenvalue weighted by Crippen LogP contribution is 2.49. The van der Waals surface area contributed by atoms with E-state index < -0.39 is 0 Å². The van der Waals surface area contributed by atoms with E-state index in [-0.39, 0.29) is 0 Å².